The van der Waals surface area contributed by atoms with Crippen molar-refractivity contribution in [2.75, 3.05) is 21.1 Å². The monoisotopic (exact) mass is 210 g/mol. The van der Waals surface area contributed by atoms with Crippen LogP contribution in [0.15, 0.2) is 12.5 Å². The van der Waals surface area contributed by atoms with Gasteiger partial charge >= 0.3 is 0 Å². The number of imidazole rings is 1. The van der Waals surface area contributed by atoms with E-state index in [4.69, 9.17) is 0 Å². The number of aromatic nitrogens is 2. The maximum absolute atomic E-state index is 4.19. The lowest BCUT2D eigenvalue weighted by atomic mass is 10.0. The van der Waals surface area contributed by atoms with Gasteiger partial charge in [-0.15, -0.1) is 0 Å². The van der Waals surface area contributed by atoms with E-state index in [0.29, 0.717) is 0 Å². The molecule has 4 heteroatoms. The third-order valence-electron chi connectivity index (χ3n) is 2.92. The van der Waals surface area contributed by atoms with Crippen molar-refractivity contribution in [2.24, 2.45) is 0 Å². The molecule has 0 saturated carbocycles. The molecule has 0 spiro atoms. The Hall–Kier alpha value is -0.870. The molecule has 1 N–H and O–H groups in total. The zero-order valence-electron chi connectivity index (χ0n) is 10.4. The van der Waals surface area contributed by atoms with Crippen molar-refractivity contribution in [2.45, 2.75) is 32.5 Å². The van der Waals surface area contributed by atoms with Gasteiger partial charge in [-0.3, -0.25) is 0 Å². The van der Waals surface area contributed by atoms with Gasteiger partial charge < -0.3 is 14.8 Å². The Labute approximate surface area is 92.3 Å². The average Bonchev–Trinajstić information content (AvgIpc) is 2.52. The largest absolute Gasteiger partial charge is 0.332 e. The fraction of sp³-hybridized carbons (Fsp3) is 0.727. The maximum atomic E-state index is 4.19. The summed E-state index contributed by atoms with van der Waals surface area (Å²) in [4.78, 5) is 6.42. The van der Waals surface area contributed by atoms with E-state index >= 15 is 0 Å². The minimum absolute atomic E-state index is 0.142. The van der Waals surface area contributed by atoms with E-state index in [2.05, 4.69) is 47.7 Å². The second kappa shape index (κ2) is 4.77. The van der Waals surface area contributed by atoms with E-state index in [0.717, 1.165) is 13.1 Å². The highest BCUT2D eigenvalue weighted by molar-refractivity contribution is 4.99. The summed E-state index contributed by atoms with van der Waals surface area (Å²) < 4.78 is 2.20. The summed E-state index contributed by atoms with van der Waals surface area (Å²) in [5.41, 5.74) is 1.37. The molecule has 0 aliphatic carbocycles. The van der Waals surface area contributed by atoms with Gasteiger partial charge in [-0.05, 0) is 35.0 Å². The highest BCUT2D eigenvalue weighted by Gasteiger charge is 2.21. The summed E-state index contributed by atoms with van der Waals surface area (Å²) >= 11 is 0. The topological polar surface area (TPSA) is 33.1 Å². The number of hydrogen-bond acceptors (Lipinski definition) is 3. The van der Waals surface area contributed by atoms with Gasteiger partial charge in [0.1, 0.15) is 0 Å². The van der Waals surface area contributed by atoms with Gasteiger partial charge in [0.15, 0.2) is 0 Å². The van der Waals surface area contributed by atoms with Gasteiger partial charge in [0, 0.05) is 24.8 Å². The van der Waals surface area contributed by atoms with Crippen molar-refractivity contribution >= 4 is 0 Å². The van der Waals surface area contributed by atoms with Crippen LogP contribution >= 0.6 is 0 Å². The molecule has 15 heavy (non-hydrogen) atoms. The molecule has 0 radical (unpaired) electrons. The third-order valence-corrected chi connectivity index (χ3v) is 2.92. The van der Waals surface area contributed by atoms with E-state index < -0.39 is 0 Å². The van der Waals surface area contributed by atoms with Crippen LogP contribution in [-0.4, -0.2) is 41.1 Å². The van der Waals surface area contributed by atoms with Crippen LogP contribution in [0.4, 0.5) is 0 Å². The molecular weight excluding hydrogens is 188 g/mol. The van der Waals surface area contributed by atoms with Gasteiger partial charge in [-0.25, -0.2) is 4.98 Å². The van der Waals surface area contributed by atoms with Crippen LogP contribution in [0.1, 0.15) is 19.5 Å². The summed E-state index contributed by atoms with van der Waals surface area (Å²) in [5, 5.41) is 3.15. The Kier molecular flexibility index (Phi) is 3.88. The quantitative estimate of drug-likeness (QED) is 0.785. The summed E-state index contributed by atoms with van der Waals surface area (Å²) in [7, 11) is 6.16. The van der Waals surface area contributed by atoms with Crippen LogP contribution in [0, 0.1) is 0 Å². The van der Waals surface area contributed by atoms with Crippen molar-refractivity contribution in [1.29, 1.82) is 0 Å². The summed E-state index contributed by atoms with van der Waals surface area (Å²) in [6.07, 6.45) is 3.82. The zero-order valence-corrected chi connectivity index (χ0v) is 10.4. The van der Waals surface area contributed by atoms with E-state index in [9.17, 15) is 0 Å². The molecule has 1 aromatic heterocycles. The normalized spacial score (nSPS) is 12.4. The Morgan fingerprint density at radius 1 is 1.47 bits per heavy atom. The molecule has 1 aromatic rings. The van der Waals surface area contributed by atoms with E-state index in [1.54, 1.807) is 0 Å². The molecular formula is C11H22N4. The minimum atomic E-state index is 0.142. The van der Waals surface area contributed by atoms with Crippen molar-refractivity contribution in [3.8, 4) is 0 Å². The predicted molar refractivity (Wildman–Crippen MR) is 62.8 cm³/mol. The van der Waals surface area contributed by atoms with Crippen molar-refractivity contribution in [3.05, 3.63) is 18.2 Å². The molecule has 0 bridgehead atoms. The molecule has 0 aromatic carbocycles. The molecule has 0 unspecified atom stereocenters. The third kappa shape index (κ3) is 3.04. The highest BCUT2D eigenvalue weighted by Crippen LogP contribution is 2.14. The van der Waals surface area contributed by atoms with Gasteiger partial charge in [0.25, 0.3) is 0 Å². The van der Waals surface area contributed by atoms with Crippen LogP contribution in [0.3, 0.4) is 0 Å². The van der Waals surface area contributed by atoms with Gasteiger partial charge in [0.2, 0.25) is 0 Å². The molecule has 0 atom stereocenters. The first kappa shape index (κ1) is 12.2. The number of nitrogens with zero attached hydrogens (tertiary/aromatic N) is 3. The molecule has 0 aliphatic rings. The summed E-state index contributed by atoms with van der Waals surface area (Å²) in [5.74, 6) is 0. The van der Waals surface area contributed by atoms with Crippen LogP contribution in [0.5, 0.6) is 0 Å². The van der Waals surface area contributed by atoms with Crippen LogP contribution in [0.2, 0.25) is 0 Å². The first-order valence-electron chi connectivity index (χ1n) is 5.28. The van der Waals surface area contributed by atoms with Gasteiger partial charge in [-0.2, -0.15) is 0 Å². The standard InChI is InChI=1S/C11H22N4/c1-11(2,14(4)5)8-15-9-13-7-10(15)6-12-3/h7,9,12H,6,8H2,1-5H3. The Morgan fingerprint density at radius 3 is 2.67 bits per heavy atom. The molecule has 0 amide bonds. The number of likely N-dealkylation sites (N-methyl/N-ethyl adjacent to an activating group) is 1. The maximum Gasteiger partial charge on any atom is 0.0949 e. The lowest BCUT2D eigenvalue weighted by Gasteiger charge is -2.33. The minimum Gasteiger partial charge on any atom is -0.332 e. The molecule has 0 fully saturated rings. The lowest BCUT2D eigenvalue weighted by molar-refractivity contribution is 0.168. The second-order valence-corrected chi connectivity index (χ2v) is 4.75. The highest BCUT2D eigenvalue weighted by atomic mass is 15.2. The second-order valence-electron chi connectivity index (χ2n) is 4.75. The Bertz CT molecular complexity index is 301. The smallest absolute Gasteiger partial charge is 0.0949 e. The van der Waals surface area contributed by atoms with Crippen LogP contribution in [0.25, 0.3) is 0 Å². The van der Waals surface area contributed by atoms with Crippen molar-refractivity contribution in [1.82, 2.24) is 19.8 Å². The lowest BCUT2D eigenvalue weighted by Crippen LogP contribution is -2.42. The molecule has 0 aliphatic heterocycles. The Balaban J connectivity index is 2.75. The van der Waals surface area contributed by atoms with Crippen molar-refractivity contribution < 1.29 is 0 Å². The zero-order chi connectivity index (χ0) is 11.5. The first-order valence-corrected chi connectivity index (χ1v) is 5.28. The van der Waals surface area contributed by atoms with E-state index in [1.165, 1.54) is 5.69 Å². The summed E-state index contributed by atoms with van der Waals surface area (Å²) in [6.45, 7) is 6.28. The van der Waals surface area contributed by atoms with E-state index in [1.807, 2.05) is 19.6 Å². The average molecular weight is 210 g/mol. The van der Waals surface area contributed by atoms with Crippen LogP contribution < -0.4 is 5.32 Å². The Morgan fingerprint density at radius 2 is 2.13 bits per heavy atom. The number of nitrogens with one attached hydrogen (secondary N) is 1. The fourth-order valence-electron chi connectivity index (χ4n) is 1.38. The number of rotatable bonds is 5. The SMILES string of the molecule is CNCc1cncn1CC(C)(C)N(C)C. The fourth-order valence-corrected chi connectivity index (χ4v) is 1.38. The molecule has 1 rings (SSSR count). The molecule has 4 nitrogen and oxygen atoms in total. The molecule has 1 heterocycles. The number of hydrogen-bond donors (Lipinski definition) is 1. The predicted octanol–water partition coefficient (Wildman–Crippen LogP) is 0.943. The summed E-state index contributed by atoms with van der Waals surface area (Å²) in [6, 6.07) is 0. The molecule has 86 valence electrons. The van der Waals surface area contributed by atoms with Gasteiger partial charge in [0.05, 0.1) is 12.0 Å². The molecule has 0 saturated heterocycles. The first-order chi connectivity index (χ1) is 6.97. The van der Waals surface area contributed by atoms with E-state index in [-0.39, 0.29) is 5.54 Å². The van der Waals surface area contributed by atoms with Gasteiger partial charge in [-0.1, -0.05) is 0 Å². The van der Waals surface area contributed by atoms with Crippen molar-refractivity contribution in [3.63, 3.8) is 0 Å². The van der Waals surface area contributed by atoms with Crippen LogP contribution in [-0.2, 0) is 13.1 Å².